The number of nitrogens with zero attached hydrogens (tertiary/aromatic N) is 4. The number of anilines is 2. The molecular formula is C18H14Cl2N4OS. The molecule has 1 aliphatic heterocycles. The normalized spacial score (nSPS) is 15.3. The van der Waals surface area contributed by atoms with Crippen LogP contribution in [-0.2, 0) is 0 Å². The number of hydrogen-bond donors (Lipinski definition) is 0. The number of fused-ring (bicyclic) bond motifs is 2. The molecule has 1 fully saturated rings. The van der Waals surface area contributed by atoms with Gasteiger partial charge in [-0.2, -0.15) is 4.98 Å². The van der Waals surface area contributed by atoms with Crippen LogP contribution in [0.15, 0.2) is 40.8 Å². The van der Waals surface area contributed by atoms with Gasteiger partial charge in [-0.15, -0.1) is 0 Å². The van der Waals surface area contributed by atoms with E-state index in [-0.39, 0.29) is 0 Å². The number of piperazine rings is 1. The summed E-state index contributed by atoms with van der Waals surface area (Å²) in [5.41, 5.74) is 2.54. The second kappa shape index (κ2) is 6.30. The first kappa shape index (κ1) is 16.2. The maximum atomic E-state index is 6.08. The lowest BCUT2D eigenvalue weighted by atomic mass is 10.3. The van der Waals surface area contributed by atoms with Crippen molar-refractivity contribution in [2.45, 2.75) is 0 Å². The average Bonchev–Trinajstić information content (AvgIpc) is 3.25. The standard InChI is InChI=1S/C18H14Cl2N4OS/c19-11-2-4-15-14(9-11)21-17(25-15)23-5-7-24(8-6-23)18-22-13-3-1-12(20)10-16(13)26-18/h1-4,9-10H,5-8H2. The number of halogens is 2. The molecule has 0 saturated carbocycles. The Hall–Kier alpha value is -2.02. The van der Waals surface area contributed by atoms with E-state index < -0.39 is 0 Å². The fourth-order valence-electron chi connectivity index (χ4n) is 3.13. The highest BCUT2D eigenvalue weighted by atomic mass is 35.5. The van der Waals surface area contributed by atoms with Gasteiger partial charge in [0.1, 0.15) is 5.52 Å². The van der Waals surface area contributed by atoms with Gasteiger partial charge in [0.05, 0.1) is 10.2 Å². The monoisotopic (exact) mass is 404 g/mol. The second-order valence-corrected chi connectivity index (χ2v) is 8.07. The first-order valence-electron chi connectivity index (χ1n) is 8.28. The third-order valence-electron chi connectivity index (χ3n) is 4.50. The fourth-order valence-corrected chi connectivity index (χ4v) is 4.59. The van der Waals surface area contributed by atoms with Crippen LogP contribution in [0.5, 0.6) is 0 Å². The molecule has 0 unspecified atom stereocenters. The molecule has 0 atom stereocenters. The van der Waals surface area contributed by atoms with E-state index in [1.165, 1.54) is 0 Å². The number of aromatic nitrogens is 2. The summed E-state index contributed by atoms with van der Waals surface area (Å²) in [6.07, 6.45) is 0. The van der Waals surface area contributed by atoms with Crippen LogP contribution in [0.1, 0.15) is 0 Å². The summed E-state index contributed by atoms with van der Waals surface area (Å²) in [5, 5.41) is 2.44. The zero-order chi connectivity index (χ0) is 17.7. The zero-order valence-corrected chi connectivity index (χ0v) is 16.0. The Labute approximate surface area is 163 Å². The van der Waals surface area contributed by atoms with E-state index >= 15 is 0 Å². The Kier molecular flexibility index (Phi) is 3.92. The van der Waals surface area contributed by atoms with Crippen LogP contribution in [0.2, 0.25) is 10.0 Å². The van der Waals surface area contributed by atoms with Gasteiger partial charge in [-0.1, -0.05) is 34.5 Å². The highest BCUT2D eigenvalue weighted by Gasteiger charge is 2.23. The Morgan fingerprint density at radius 2 is 1.58 bits per heavy atom. The molecule has 132 valence electrons. The molecule has 5 nitrogen and oxygen atoms in total. The molecule has 0 amide bonds. The Bertz CT molecular complexity index is 1010. The van der Waals surface area contributed by atoms with Crippen molar-refractivity contribution in [1.29, 1.82) is 0 Å². The van der Waals surface area contributed by atoms with Crippen LogP contribution in [0.4, 0.5) is 11.1 Å². The van der Waals surface area contributed by atoms with Crippen LogP contribution >= 0.6 is 34.5 Å². The van der Waals surface area contributed by atoms with E-state index in [0.717, 1.165) is 57.6 Å². The summed E-state index contributed by atoms with van der Waals surface area (Å²) in [4.78, 5) is 13.8. The molecular weight excluding hydrogens is 391 g/mol. The van der Waals surface area contributed by atoms with Crippen LogP contribution in [-0.4, -0.2) is 36.1 Å². The van der Waals surface area contributed by atoms with E-state index in [2.05, 4.69) is 14.8 Å². The summed E-state index contributed by atoms with van der Waals surface area (Å²) >= 11 is 13.8. The van der Waals surface area contributed by atoms with Crippen LogP contribution < -0.4 is 9.80 Å². The van der Waals surface area contributed by atoms with Crippen LogP contribution in [0.3, 0.4) is 0 Å². The summed E-state index contributed by atoms with van der Waals surface area (Å²) < 4.78 is 6.99. The molecule has 26 heavy (non-hydrogen) atoms. The van der Waals surface area contributed by atoms with Gasteiger partial charge < -0.3 is 14.2 Å². The minimum absolute atomic E-state index is 0.651. The van der Waals surface area contributed by atoms with Gasteiger partial charge in [0.2, 0.25) is 0 Å². The molecule has 0 aliphatic carbocycles. The van der Waals surface area contributed by atoms with Gasteiger partial charge in [0, 0.05) is 36.2 Å². The third-order valence-corrected chi connectivity index (χ3v) is 6.05. The minimum atomic E-state index is 0.651. The van der Waals surface area contributed by atoms with E-state index in [1.807, 2.05) is 36.4 Å². The molecule has 0 spiro atoms. The van der Waals surface area contributed by atoms with Gasteiger partial charge in [-0.3, -0.25) is 0 Å². The van der Waals surface area contributed by atoms with Gasteiger partial charge in [0.15, 0.2) is 10.7 Å². The first-order valence-corrected chi connectivity index (χ1v) is 9.85. The fraction of sp³-hybridized carbons (Fsp3) is 0.222. The summed E-state index contributed by atoms with van der Waals surface area (Å²) in [6.45, 7) is 3.40. The maximum Gasteiger partial charge on any atom is 0.298 e. The van der Waals surface area contributed by atoms with Crippen molar-refractivity contribution in [3.05, 3.63) is 46.4 Å². The predicted molar refractivity (Wildman–Crippen MR) is 108 cm³/mol. The van der Waals surface area contributed by atoms with Gasteiger partial charge in [-0.05, 0) is 36.4 Å². The van der Waals surface area contributed by atoms with E-state index in [0.29, 0.717) is 11.0 Å². The van der Waals surface area contributed by atoms with Crippen molar-refractivity contribution >= 4 is 67.0 Å². The second-order valence-electron chi connectivity index (χ2n) is 6.19. The maximum absolute atomic E-state index is 6.08. The Morgan fingerprint density at radius 1 is 0.846 bits per heavy atom. The van der Waals surface area contributed by atoms with Crippen molar-refractivity contribution in [1.82, 2.24) is 9.97 Å². The highest BCUT2D eigenvalue weighted by molar-refractivity contribution is 7.22. The molecule has 1 saturated heterocycles. The zero-order valence-electron chi connectivity index (χ0n) is 13.7. The summed E-state index contributed by atoms with van der Waals surface area (Å²) in [5.74, 6) is 0. The van der Waals surface area contributed by atoms with Crippen molar-refractivity contribution < 1.29 is 4.42 Å². The third kappa shape index (κ3) is 2.88. The molecule has 2 aromatic heterocycles. The van der Waals surface area contributed by atoms with Crippen molar-refractivity contribution in [2.24, 2.45) is 0 Å². The molecule has 3 heterocycles. The lowest BCUT2D eigenvalue weighted by Crippen LogP contribution is -2.46. The van der Waals surface area contributed by atoms with Crippen molar-refractivity contribution in [2.75, 3.05) is 36.0 Å². The number of rotatable bonds is 2. The van der Waals surface area contributed by atoms with Crippen LogP contribution in [0, 0.1) is 0 Å². The molecule has 2 aromatic carbocycles. The smallest absolute Gasteiger partial charge is 0.298 e. The first-order chi connectivity index (χ1) is 12.7. The number of oxazole rings is 1. The Morgan fingerprint density at radius 3 is 2.42 bits per heavy atom. The van der Waals surface area contributed by atoms with E-state index in [9.17, 15) is 0 Å². The van der Waals surface area contributed by atoms with Crippen molar-refractivity contribution in [3.8, 4) is 0 Å². The quantitative estimate of drug-likeness (QED) is 0.466. The largest absolute Gasteiger partial charge is 0.423 e. The van der Waals surface area contributed by atoms with Gasteiger partial charge in [-0.25, -0.2) is 4.98 Å². The molecule has 1 aliphatic rings. The van der Waals surface area contributed by atoms with Crippen molar-refractivity contribution in [3.63, 3.8) is 0 Å². The molecule has 8 heteroatoms. The highest BCUT2D eigenvalue weighted by Crippen LogP contribution is 2.32. The summed E-state index contributed by atoms with van der Waals surface area (Å²) in [6, 6.07) is 12.0. The van der Waals surface area contributed by atoms with Gasteiger partial charge in [0.25, 0.3) is 6.01 Å². The summed E-state index contributed by atoms with van der Waals surface area (Å²) in [7, 11) is 0. The van der Waals surface area contributed by atoms with Crippen LogP contribution in [0.25, 0.3) is 21.3 Å². The van der Waals surface area contributed by atoms with E-state index in [4.69, 9.17) is 32.6 Å². The predicted octanol–water partition coefficient (Wildman–Crippen LogP) is 5.07. The molecule has 0 radical (unpaired) electrons. The lowest BCUT2D eigenvalue weighted by Gasteiger charge is -2.33. The Balaban J connectivity index is 1.34. The molecule has 0 bridgehead atoms. The number of benzene rings is 2. The number of thiazole rings is 1. The molecule has 5 rings (SSSR count). The van der Waals surface area contributed by atoms with Gasteiger partial charge >= 0.3 is 0 Å². The lowest BCUT2D eigenvalue weighted by molar-refractivity contribution is 0.542. The topological polar surface area (TPSA) is 45.4 Å². The minimum Gasteiger partial charge on any atom is -0.423 e. The number of hydrogen-bond acceptors (Lipinski definition) is 6. The van der Waals surface area contributed by atoms with E-state index in [1.54, 1.807) is 11.3 Å². The average molecular weight is 405 g/mol. The molecule has 0 N–H and O–H groups in total. The molecule has 4 aromatic rings. The SMILES string of the molecule is Clc1ccc2oc(N3CCN(c4nc5ccc(Cl)cc5s4)CC3)nc2c1.